The van der Waals surface area contributed by atoms with Crippen LogP contribution in [-0.4, -0.2) is 65.5 Å². The first-order chi connectivity index (χ1) is 7.68. The van der Waals surface area contributed by atoms with Crippen LogP contribution in [0.25, 0.3) is 0 Å². The van der Waals surface area contributed by atoms with Crippen molar-refractivity contribution in [1.82, 2.24) is 15.1 Å². The molecule has 0 saturated carbocycles. The molecule has 2 aliphatic heterocycles. The Bertz CT molecular complexity index is 298. The van der Waals surface area contributed by atoms with E-state index in [0.717, 1.165) is 19.6 Å². The van der Waals surface area contributed by atoms with E-state index in [1.807, 2.05) is 11.8 Å². The molecule has 2 rings (SSSR count). The third-order valence-electron chi connectivity index (χ3n) is 2.97. The molecule has 0 aromatic rings. The van der Waals surface area contributed by atoms with E-state index >= 15 is 0 Å². The van der Waals surface area contributed by atoms with Gasteiger partial charge in [-0.3, -0.25) is 9.59 Å². The highest BCUT2D eigenvalue weighted by Gasteiger charge is 2.28. The van der Waals surface area contributed by atoms with Crippen molar-refractivity contribution in [3.63, 3.8) is 0 Å². The van der Waals surface area contributed by atoms with Crippen molar-refractivity contribution in [3.05, 3.63) is 0 Å². The van der Waals surface area contributed by atoms with Crippen LogP contribution in [0.4, 0.5) is 0 Å². The maximum Gasteiger partial charge on any atom is 0.242 e. The van der Waals surface area contributed by atoms with Gasteiger partial charge in [-0.15, -0.1) is 11.8 Å². The smallest absolute Gasteiger partial charge is 0.242 e. The van der Waals surface area contributed by atoms with Gasteiger partial charge in [0.05, 0.1) is 11.6 Å². The number of nitrogens with zero attached hydrogens (tertiary/aromatic N) is 2. The van der Waals surface area contributed by atoms with Gasteiger partial charge in [0.25, 0.3) is 0 Å². The minimum atomic E-state index is 0.0739. The second-order valence-corrected chi connectivity index (χ2v) is 5.16. The molecule has 2 amide bonds. The fourth-order valence-corrected chi connectivity index (χ4v) is 2.91. The molecular formula is C10H17N3O2S. The van der Waals surface area contributed by atoms with Crippen LogP contribution in [0, 0.1) is 0 Å². The molecule has 1 atom stereocenters. The molecule has 0 unspecified atom stereocenters. The highest BCUT2D eigenvalue weighted by Crippen LogP contribution is 2.15. The molecule has 0 aliphatic carbocycles. The Morgan fingerprint density at radius 1 is 1.62 bits per heavy atom. The van der Waals surface area contributed by atoms with Gasteiger partial charge in [-0.25, -0.2) is 0 Å². The summed E-state index contributed by atoms with van der Waals surface area (Å²) in [5.41, 5.74) is 0. The molecular weight excluding hydrogens is 226 g/mol. The Morgan fingerprint density at radius 2 is 2.44 bits per heavy atom. The van der Waals surface area contributed by atoms with Gasteiger partial charge < -0.3 is 15.1 Å². The lowest BCUT2D eigenvalue weighted by molar-refractivity contribution is -0.139. The van der Waals surface area contributed by atoms with Crippen molar-refractivity contribution in [2.24, 2.45) is 0 Å². The number of hydrogen-bond acceptors (Lipinski definition) is 4. The number of hydrogen-bond donors (Lipinski definition) is 1. The highest BCUT2D eigenvalue weighted by molar-refractivity contribution is 8.00. The van der Waals surface area contributed by atoms with E-state index in [9.17, 15) is 9.59 Å². The predicted molar refractivity (Wildman–Crippen MR) is 63.1 cm³/mol. The Labute approximate surface area is 99.5 Å². The Hall–Kier alpha value is -0.750. The molecule has 2 fully saturated rings. The van der Waals surface area contributed by atoms with Crippen LogP contribution in [-0.2, 0) is 9.59 Å². The molecule has 0 spiro atoms. The van der Waals surface area contributed by atoms with Crippen LogP contribution in [0.5, 0.6) is 0 Å². The quantitative estimate of drug-likeness (QED) is 0.699. The normalized spacial score (nSPS) is 26.3. The van der Waals surface area contributed by atoms with Crippen molar-refractivity contribution in [3.8, 4) is 0 Å². The van der Waals surface area contributed by atoms with E-state index in [-0.39, 0.29) is 24.4 Å². The summed E-state index contributed by atoms with van der Waals surface area (Å²) in [5, 5.41) is 3.24. The number of carbonyl (C=O) groups is 2. The van der Waals surface area contributed by atoms with Crippen LogP contribution in [0.15, 0.2) is 0 Å². The van der Waals surface area contributed by atoms with E-state index in [2.05, 4.69) is 5.32 Å². The second kappa shape index (κ2) is 5.05. The fraction of sp³-hybridized carbons (Fsp3) is 0.800. The van der Waals surface area contributed by atoms with Crippen molar-refractivity contribution in [2.75, 3.05) is 37.8 Å². The first-order valence-corrected chi connectivity index (χ1v) is 6.69. The predicted octanol–water partition coefficient (Wildman–Crippen LogP) is -0.660. The largest absolute Gasteiger partial charge is 0.336 e. The van der Waals surface area contributed by atoms with Gasteiger partial charge in [0.2, 0.25) is 11.8 Å². The first kappa shape index (κ1) is 11.7. The topological polar surface area (TPSA) is 52.7 Å². The van der Waals surface area contributed by atoms with Crippen molar-refractivity contribution >= 4 is 23.6 Å². The zero-order valence-electron chi connectivity index (χ0n) is 9.44. The summed E-state index contributed by atoms with van der Waals surface area (Å²) in [6.07, 6.45) is 0. The zero-order chi connectivity index (χ0) is 11.5. The third-order valence-corrected chi connectivity index (χ3v) is 3.92. The summed E-state index contributed by atoms with van der Waals surface area (Å²) in [5.74, 6) is 1.33. The van der Waals surface area contributed by atoms with Crippen molar-refractivity contribution in [1.29, 1.82) is 0 Å². The van der Waals surface area contributed by atoms with E-state index in [1.54, 1.807) is 16.7 Å². The van der Waals surface area contributed by atoms with Gasteiger partial charge in [0.1, 0.15) is 6.54 Å². The molecule has 0 radical (unpaired) electrons. The van der Waals surface area contributed by atoms with Crippen LogP contribution < -0.4 is 5.32 Å². The number of thioether (sulfide) groups is 1. The molecule has 2 saturated heterocycles. The van der Waals surface area contributed by atoms with E-state index < -0.39 is 0 Å². The summed E-state index contributed by atoms with van der Waals surface area (Å²) in [6, 6.07) is 0.228. The molecule has 16 heavy (non-hydrogen) atoms. The fourth-order valence-electron chi connectivity index (χ4n) is 2.01. The Morgan fingerprint density at radius 3 is 3.06 bits per heavy atom. The molecule has 2 heterocycles. The Kier molecular flexibility index (Phi) is 3.70. The lowest BCUT2D eigenvalue weighted by Gasteiger charge is -2.34. The SMILES string of the molecule is C[C@@H]1CNCCN1C(=O)CN1CSCC1=O. The molecule has 1 N–H and O–H groups in total. The highest BCUT2D eigenvalue weighted by atomic mass is 32.2. The van der Waals surface area contributed by atoms with Crippen LogP contribution >= 0.6 is 11.8 Å². The number of rotatable bonds is 2. The summed E-state index contributed by atoms with van der Waals surface area (Å²) >= 11 is 1.57. The van der Waals surface area contributed by atoms with E-state index in [1.165, 1.54) is 0 Å². The molecule has 90 valence electrons. The number of piperazine rings is 1. The zero-order valence-corrected chi connectivity index (χ0v) is 10.3. The summed E-state index contributed by atoms with van der Waals surface area (Å²) < 4.78 is 0. The average molecular weight is 243 g/mol. The number of carbonyl (C=O) groups excluding carboxylic acids is 2. The standard InChI is InChI=1S/C10H17N3O2S/c1-8-4-11-2-3-13(8)9(14)5-12-7-16-6-10(12)15/h8,11H,2-7H2,1H3/t8-/m1/s1. The molecule has 0 aromatic heterocycles. The lowest BCUT2D eigenvalue weighted by atomic mass is 10.2. The van der Waals surface area contributed by atoms with Gasteiger partial charge in [-0.2, -0.15) is 0 Å². The minimum absolute atomic E-state index is 0.0739. The molecule has 6 heteroatoms. The molecule has 0 aromatic carbocycles. The van der Waals surface area contributed by atoms with Crippen LogP contribution in [0.1, 0.15) is 6.92 Å². The number of amides is 2. The maximum atomic E-state index is 12.0. The summed E-state index contributed by atoms with van der Waals surface area (Å²) in [6.45, 7) is 4.71. The van der Waals surface area contributed by atoms with Gasteiger partial charge in [0, 0.05) is 25.7 Å². The van der Waals surface area contributed by atoms with Crippen LogP contribution in [0.3, 0.4) is 0 Å². The molecule has 5 nitrogen and oxygen atoms in total. The molecule has 2 aliphatic rings. The summed E-state index contributed by atoms with van der Waals surface area (Å²) in [7, 11) is 0. The van der Waals surface area contributed by atoms with E-state index in [4.69, 9.17) is 0 Å². The number of nitrogens with one attached hydrogen (secondary N) is 1. The van der Waals surface area contributed by atoms with Crippen LogP contribution in [0.2, 0.25) is 0 Å². The monoisotopic (exact) mass is 243 g/mol. The van der Waals surface area contributed by atoms with Gasteiger partial charge >= 0.3 is 0 Å². The van der Waals surface area contributed by atoms with Crippen molar-refractivity contribution < 1.29 is 9.59 Å². The lowest BCUT2D eigenvalue weighted by Crippen LogP contribution is -2.54. The van der Waals surface area contributed by atoms with Gasteiger partial charge in [0.15, 0.2) is 0 Å². The van der Waals surface area contributed by atoms with Crippen molar-refractivity contribution in [2.45, 2.75) is 13.0 Å². The average Bonchev–Trinajstić information content (AvgIpc) is 2.65. The molecule has 0 bridgehead atoms. The first-order valence-electron chi connectivity index (χ1n) is 5.54. The minimum Gasteiger partial charge on any atom is -0.336 e. The maximum absolute atomic E-state index is 12.0. The third kappa shape index (κ3) is 2.49. The Balaban J connectivity index is 1.89. The second-order valence-electron chi connectivity index (χ2n) is 4.21. The van der Waals surface area contributed by atoms with E-state index in [0.29, 0.717) is 11.6 Å². The van der Waals surface area contributed by atoms with Gasteiger partial charge in [-0.1, -0.05) is 0 Å². The van der Waals surface area contributed by atoms with Gasteiger partial charge in [-0.05, 0) is 6.92 Å². The summed E-state index contributed by atoms with van der Waals surface area (Å²) in [4.78, 5) is 26.9.